The van der Waals surface area contributed by atoms with Crippen molar-refractivity contribution in [3.8, 4) is 24.3 Å². The maximum atomic E-state index is 8.46. The molecule has 0 unspecified atom stereocenters. The van der Waals surface area contributed by atoms with Gasteiger partial charge in [0, 0.05) is 0 Å². The Labute approximate surface area is 102 Å². The van der Waals surface area contributed by atoms with Gasteiger partial charge in [-0.1, -0.05) is 11.6 Å². The van der Waals surface area contributed by atoms with Crippen LogP contribution in [0.3, 0.4) is 0 Å². The van der Waals surface area contributed by atoms with Crippen molar-refractivity contribution in [2.75, 3.05) is 14.1 Å². The number of allylic oxidation sites excluding steroid dienone is 4. The van der Waals surface area contributed by atoms with E-state index in [9.17, 15) is 0 Å². The van der Waals surface area contributed by atoms with Crippen LogP contribution in [0.15, 0.2) is 23.3 Å². The predicted molar refractivity (Wildman–Crippen MR) is 62.8 cm³/mol. The SMILES string of the molecule is CC(C=C(C#N)C#N)=CC(C#N)C#N.CNC. The van der Waals surface area contributed by atoms with E-state index in [1.807, 2.05) is 14.1 Å². The Balaban J connectivity index is 0. The molecule has 0 saturated carbocycles. The van der Waals surface area contributed by atoms with Crippen LogP contribution in [-0.4, -0.2) is 14.1 Å². The monoisotopic (exact) mass is 227 g/mol. The lowest BCUT2D eigenvalue weighted by molar-refractivity contribution is 1.02. The normalized spacial score (nSPS) is 8.59. The number of nitrogens with one attached hydrogen (secondary N) is 1. The van der Waals surface area contributed by atoms with E-state index >= 15 is 0 Å². The third-order valence-corrected chi connectivity index (χ3v) is 1.32. The summed E-state index contributed by atoms with van der Waals surface area (Å²) in [5.41, 5.74) is 0.504. The second kappa shape index (κ2) is 11.5. The van der Waals surface area contributed by atoms with E-state index in [1.165, 1.54) is 12.2 Å². The number of hydrogen-bond acceptors (Lipinski definition) is 5. The summed E-state index contributed by atoms with van der Waals surface area (Å²) in [5, 5.41) is 36.5. The van der Waals surface area contributed by atoms with Crippen LogP contribution in [0.1, 0.15) is 6.92 Å². The first-order chi connectivity index (χ1) is 8.09. The number of nitriles is 4. The van der Waals surface area contributed by atoms with E-state index in [4.69, 9.17) is 21.0 Å². The van der Waals surface area contributed by atoms with Gasteiger partial charge in [0.25, 0.3) is 0 Å². The average molecular weight is 227 g/mol. The Bertz CT molecular complexity index is 415. The topological polar surface area (TPSA) is 107 Å². The molecule has 0 saturated heterocycles. The molecule has 0 fully saturated rings. The summed E-state index contributed by atoms with van der Waals surface area (Å²) in [5.74, 6) is -0.843. The molecule has 0 bridgehead atoms. The zero-order chi connectivity index (χ0) is 13.7. The molecule has 0 spiro atoms. The molecule has 0 aromatic rings. The van der Waals surface area contributed by atoms with Gasteiger partial charge in [-0.3, -0.25) is 0 Å². The molecule has 0 radical (unpaired) electrons. The van der Waals surface area contributed by atoms with Crippen LogP contribution in [0.25, 0.3) is 0 Å². The molecule has 0 aromatic heterocycles. The van der Waals surface area contributed by atoms with Gasteiger partial charge in [-0.25, -0.2) is 0 Å². The molecule has 5 nitrogen and oxygen atoms in total. The van der Waals surface area contributed by atoms with E-state index < -0.39 is 5.92 Å². The molecule has 1 N–H and O–H groups in total. The first-order valence-corrected chi connectivity index (χ1v) is 4.67. The zero-order valence-corrected chi connectivity index (χ0v) is 10.0. The van der Waals surface area contributed by atoms with E-state index in [0.717, 1.165) is 0 Å². The summed E-state index contributed by atoms with van der Waals surface area (Å²) in [7, 11) is 3.75. The van der Waals surface area contributed by atoms with Crippen LogP contribution in [-0.2, 0) is 0 Å². The van der Waals surface area contributed by atoms with Crippen LogP contribution in [0.5, 0.6) is 0 Å². The van der Waals surface area contributed by atoms with Gasteiger partial charge in [0.1, 0.15) is 17.7 Å². The lowest BCUT2D eigenvalue weighted by Gasteiger charge is -1.92. The van der Waals surface area contributed by atoms with Crippen molar-refractivity contribution in [3.63, 3.8) is 0 Å². The Morgan fingerprint density at radius 1 is 1.06 bits per heavy atom. The molecule has 0 aliphatic rings. The standard InChI is InChI=1S/C10H6N4.C2H7N/c1-8(2-9(4-11)5-12)3-10(6-13)7-14;1-3-2/h2-3,9H,1H3;3H,1-2H3. The van der Waals surface area contributed by atoms with Gasteiger partial charge in [-0.05, 0) is 27.1 Å². The molecule has 86 valence electrons. The van der Waals surface area contributed by atoms with Gasteiger partial charge in [0.2, 0.25) is 0 Å². The summed E-state index contributed by atoms with van der Waals surface area (Å²) >= 11 is 0. The highest BCUT2D eigenvalue weighted by Crippen LogP contribution is 2.05. The molecule has 0 aromatic carbocycles. The van der Waals surface area contributed by atoms with Crippen molar-refractivity contribution in [3.05, 3.63) is 23.3 Å². The van der Waals surface area contributed by atoms with Gasteiger partial charge in [0.15, 0.2) is 5.92 Å². The Morgan fingerprint density at radius 3 is 1.76 bits per heavy atom. The smallest absolute Gasteiger partial charge is 0.151 e. The fraction of sp³-hybridized carbons (Fsp3) is 0.333. The molecular weight excluding hydrogens is 214 g/mol. The third kappa shape index (κ3) is 9.70. The van der Waals surface area contributed by atoms with Crippen molar-refractivity contribution >= 4 is 0 Å². The van der Waals surface area contributed by atoms with Crippen LogP contribution in [0.4, 0.5) is 0 Å². The maximum absolute atomic E-state index is 8.46. The largest absolute Gasteiger partial charge is 0.323 e. The van der Waals surface area contributed by atoms with E-state index in [1.54, 1.807) is 31.2 Å². The minimum absolute atomic E-state index is 0.0478. The molecular formula is C12H13N5. The van der Waals surface area contributed by atoms with E-state index in [0.29, 0.717) is 5.57 Å². The van der Waals surface area contributed by atoms with Crippen molar-refractivity contribution in [2.24, 2.45) is 5.92 Å². The second-order valence-corrected chi connectivity index (χ2v) is 2.93. The first-order valence-electron chi connectivity index (χ1n) is 4.67. The van der Waals surface area contributed by atoms with Gasteiger partial charge < -0.3 is 5.32 Å². The van der Waals surface area contributed by atoms with Crippen molar-refractivity contribution in [1.82, 2.24) is 5.32 Å². The highest BCUT2D eigenvalue weighted by Gasteiger charge is 2.00. The van der Waals surface area contributed by atoms with Gasteiger partial charge >= 0.3 is 0 Å². The molecule has 5 heteroatoms. The number of nitrogens with zero attached hydrogens (tertiary/aromatic N) is 4. The lowest BCUT2D eigenvalue weighted by atomic mass is 10.1. The van der Waals surface area contributed by atoms with Crippen LogP contribution in [0.2, 0.25) is 0 Å². The minimum Gasteiger partial charge on any atom is -0.323 e. The second-order valence-electron chi connectivity index (χ2n) is 2.93. The van der Waals surface area contributed by atoms with Crippen molar-refractivity contribution in [1.29, 1.82) is 21.0 Å². The van der Waals surface area contributed by atoms with Gasteiger partial charge in [0.05, 0.1) is 12.1 Å². The minimum atomic E-state index is -0.843. The predicted octanol–water partition coefficient (Wildman–Crippen LogP) is 1.41. The highest BCUT2D eigenvalue weighted by atomic mass is 14.7. The molecule has 0 rings (SSSR count). The van der Waals surface area contributed by atoms with Crippen molar-refractivity contribution in [2.45, 2.75) is 6.92 Å². The quantitative estimate of drug-likeness (QED) is 0.566. The van der Waals surface area contributed by atoms with Crippen LogP contribution in [0, 0.1) is 51.2 Å². The summed E-state index contributed by atoms with van der Waals surface area (Å²) in [4.78, 5) is 0. The first kappa shape index (κ1) is 16.8. The third-order valence-electron chi connectivity index (χ3n) is 1.32. The molecule has 0 heterocycles. The Kier molecular flexibility index (Phi) is 11.4. The van der Waals surface area contributed by atoms with Gasteiger partial charge in [-0.2, -0.15) is 21.0 Å². The molecule has 0 aliphatic heterocycles. The molecule has 0 atom stereocenters. The zero-order valence-electron chi connectivity index (χ0n) is 10.0. The number of hydrogen-bond donors (Lipinski definition) is 1. The molecule has 17 heavy (non-hydrogen) atoms. The maximum Gasteiger partial charge on any atom is 0.151 e. The number of rotatable bonds is 2. The van der Waals surface area contributed by atoms with Crippen LogP contribution < -0.4 is 5.32 Å². The lowest BCUT2D eigenvalue weighted by Crippen LogP contribution is -1.89. The van der Waals surface area contributed by atoms with E-state index in [2.05, 4.69) is 5.32 Å². The fourth-order valence-electron chi connectivity index (χ4n) is 0.732. The highest BCUT2D eigenvalue weighted by molar-refractivity contribution is 5.41. The summed E-state index contributed by atoms with van der Waals surface area (Å²) < 4.78 is 0. The van der Waals surface area contributed by atoms with Gasteiger partial charge in [-0.15, -0.1) is 0 Å². The summed E-state index contributed by atoms with van der Waals surface area (Å²) in [6, 6.07) is 6.89. The Hall–Kier alpha value is -2.60. The summed E-state index contributed by atoms with van der Waals surface area (Å²) in [6.45, 7) is 1.62. The fourth-order valence-corrected chi connectivity index (χ4v) is 0.732. The van der Waals surface area contributed by atoms with Crippen molar-refractivity contribution < 1.29 is 0 Å². The molecule has 0 amide bonds. The Morgan fingerprint density at radius 2 is 1.47 bits per heavy atom. The average Bonchev–Trinajstić information content (AvgIpc) is 2.34. The summed E-state index contributed by atoms with van der Waals surface area (Å²) in [6.07, 6.45) is 2.73. The van der Waals surface area contributed by atoms with Crippen LogP contribution >= 0.6 is 0 Å². The molecule has 0 aliphatic carbocycles. The van der Waals surface area contributed by atoms with E-state index in [-0.39, 0.29) is 5.57 Å².